The second kappa shape index (κ2) is 10.7. The number of carbonyl (C=O) groups excluding carboxylic acids is 1. The zero-order chi connectivity index (χ0) is 20.6. The molecule has 0 radical (unpaired) electrons. The van der Waals surface area contributed by atoms with Gasteiger partial charge in [-0.25, -0.2) is 0 Å². The van der Waals surface area contributed by atoms with Gasteiger partial charge < -0.3 is 10.2 Å². The lowest BCUT2D eigenvalue weighted by Gasteiger charge is -2.28. The molecule has 1 aliphatic heterocycles. The molecule has 0 spiro atoms. The van der Waals surface area contributed by atoms with Gasteiger partial charge in [-0.2, -0.15) is 11.8 Å². The predicted octanol–water partition coefficient (Wildman–Crippen LogP) is 4.40. The van der Waals surface area contributed by atoms with Crippen molar-refractivity contribution in [3.05, 3.63) is 65.2 Å². The van der Waals surface area contributed by atoms with Gasteiger partial charge in [-0.1, -0.05) is 31.2 Å². The lowest BCUT2D eigenvalue weighted by Crippen LogP contribution is -2.32. The van der Waals surface area contributed by atoms with Gasteiger partial charge in [-0.3, -0.25) is 9.69 Å². The number of hydrogen-bond acceptors (Lipinski definition) is 4. The van der Waals surface area contributed by atoms with E-state index in [1.807, 2.05) is 23.9 Å². The van der Waals surface area contributed by atoms with Crippen LogP contribution in [0.15, 0.2) is 48.5 Å². The maximum absolute atomic E-state index is 12.5. The topological polar surface area (TPSA) is 35.6 Å². The number of rotatable bonds is 8. The summed E-state index contributed by atoms with van der Waals surface area (Å²) >= 11 is 2.02. The van der Waals surface area contributed by atoms with Gasteiger partial charge in [0.1, 0.15) is 0 Å². The highest BCUT2D eigenvalue weighted by atomic mass is 32.2. The Hall–Kier alpha value is -1.98. The van der Waals surface area contributed by atoms with E-state index in [2.05, 4.69) is 72.3 Å². The van der Waals surface area contributed by atoms with Crippen LogP contribution in [0, 0.1) is 0 Å². The summed E-state index contributed by atoms with van der Waals surface area (Å²) in [6.07, 6.45) is 0. The molecule has 2 aromatic rings. The molecule has 1 heterocycles. The molecule has 2 aromatic carbocycles. The molecule has 0 saturated carbocycles. The van der Waals surface area contributed by atoms with Gasteiger partial charge in [0.05, 0.1) is 0 Å². The first kappa shape index (κ1) is 21.7. The molecule has 0 atom stereocenters. The fraction of sp³-hybridized carbons (Fsp3) is 0.458. The normalized spacial score (nSPS) is 14.4. The van der Waals surface area contributed by atoms with E-state index in [0.717, 1.165) is 31.7 Å². The number of anilines is 1. The van der Waals surface area contributed by atoms with Gasteiger partial charge in [0.15, 0.2) is 0 Å². The lowest BCUT2D eigenvalue weighted by molar-refractivity contribution is 0.0951. The third kappa shape index (κ3) is 6.25. The zero-order valence-electron chi connectivity index (χ0n) is 17.9. The highest BCUT2D eigenvalue weighted by molar-refractivity contribution is 7.99. The Bertz CT molecular complexity index is 768. The van der Waals surface area contributed by atoms with Crippen molar-refractivity contribution < 1.29 is 4.79 Å². The maximum Gasteiger partial charge on any atom is 0.251 e. The largest absolute Gasteiger partial charge is 0.370 e. The van der Waals surface area contributed by atoms with Crippen molar-refractivity contribution in [1.82, 2.24) is 10.2 Å². The van der Waals surface area contributed by atoms with Crippen LogP contribution < -0.4 is 10.2 Å². The van der Waals surface area contributed by atoms with Crippen LogP contribution in [0.25, 0.3) is 0 Å². The van der Waals surface area contributed by atoms with E-state index in [1.54, 1.807) is 0 Å². The van der Waals surface area contributed by atoms with Gasteiger partial charge in [-0.15, -0.1) is 0 Å². The van der Waals surface area contributed by atoms with Crippen LogP contribution in [0.1, 0.15) is 42.3 Å². The van der Waals surface area contributed by atoms with Crippen molar-refractivity contribution in [2.24, 2.45) is 0 Å². The average molecular weight is 412 g/mol. The van der Waals surface area contributed by atoms with Crippen molar-refractivity contribution in [1.29, 1.82) is 0 Å². The third-order valence-corrected chi connectivity index (χ3v) is 6.45. The summed E-state index contributed by atoms with van der Waals surface area (Å²) in [4.78, 5) is 17.3. The molecule has 1 N–H and O–H groups in total. The monoisotopic (exact) mass is 411 g/mol. The lowest BCUT2D eigenvalue weighted by atomic mass is 10.1. The number of carbonyl (C=O) groups is 1. The maximum atomic E-state index is 12.5. The molecule has 1 saturated heterocycles. The molecular formula is C24H33N3OS. The Kier molecular flexibility index (Phi) is 8.01. The summed E-state index contributed by atoms with van der Waals surface area (Å²) in [6.45, 7) is 11.3. The summed E-state index contributed by atoms with van der Waals surface area (Å²) in [5.41, 5.74) is 4.35. The molecule has 3 rings (SSSR count). The third-order valence-electron chi connectivity index (χ3n) is 5.50. The van der Waals surface area contributed by atoms with Crippen LogP contribution >= 0.6 is 11.8 Å². The Morgan fingerprint density at radius 2 is 1.66 bits per heavy atom. The molecule has 1 aliphatic rings. The van der Waals surface area contributed by atoms with E-state index in [1.165, 1.54) is 22.8 Å². The highest BCUT2D eigenvalue weighted by Gasteiger charge is 2.12. The summed E-state index contributed by atoms with van der Waals surface area (Å²) in [7, 11) is 0. The summed E-state index contributed by atoms with van der Waals surface area (Å²) in [5, 5.41) is 3.04. The Labute approximate surface area is 179 Å². The number of hydrogen-bond donors (Lipinski definition) is 1. The van der Waals surface area contributed by atoms with Gasteiger partial charge in [0, 0.05) is 55.0 Å². The quantitative estimate of drug-likeness (QED) is 0.698. The summed E-state index contributed by atoms with van der Waals surface area (Å²) < 4.78 is 0. The number of benzene rings is 2. The van der Waals surface area contributed by atoms with Crippen molar-refractivity contribution in [2.75, 3.05) is 36.0 Å². The van der Waals surface area contributed by atoms with Gasteiger partial charge in [0.25, 0.3) is 5.91 Å². The number of thioether (sulfide) groups is 1. The molecule has 1 amide bonds. The van der Waals surface area contributed by atoms with E-state index in [9.17, 15) is 4.79 Å². The molecule has 0 unspecified atom stereocenters. The van der Waals surface area contributed by atoms with Crippen LogP contribution in [0.4, 0.5) is 5.69 Å². The molecule has 4 nitrogen and oxygen atoms in total. The molecule has 5 heteroatoms. The Morgan fingerprint density at radius 3 is 2.24 bits per heavy atom. The fourth-order valence-electron chi connectivity index (χ4n) is 3.59. The first-order valence-corrected chi connectivity index (χ1v) is 11.7. The van der Waals surface area contributed by atoms with Crippen LogP contribution in [0.5, 0.6) is 0 Å². The number of nitrogens with one attached hydrogen (secondary N) is 1. The molecule has 1 fully saturated rings. The average Bonchev–Trinajstić information content (AvgIpc) is 2.77. The van der Waals surface area contributed by atoms with Crippen molar-refractivity contribution in [2.45, 2.75) is 39.9 Å². The van der Waals surface area contributed by atoms with Crippen LogP contribution in [0.3, 0.4) is 0 Å². The van der Waals surface area contributed by atoms with Crippen LogP contribution in [0.2, 0.25) is 0 Å². The summed E-state index contributed by atoms with van der Waals surface area (Å²) in [5.74, 6) is 2.37. The molecule has 0 aromatic heterocycles. The van der Waals surface area contributed by atoms with Crippen LogP contribution in [-0.2, 0) is 13.1 Å². The van der Waals surface area contributed by atoms with E-state index in [-0.39, 0.29) is 5.91 Å². The van der Waals surface area contributed by atoms with Crippen molar-refractivity contribution in [3.63, 3.8) is 0 Å². The van der Waals surface area contributed by atoms with Crippen molar-refractivity contribution >= 4 is 23.4 Å². The molecule has 156 valence electrons. The smallest absolute Gasteiger partial charge is 0.251 e. The minimum atomic E-state index is -0.0233. The van der Waals surface area contributed by atoms with E-state index in [4.69, 9.17) is 0 Å². The van der Waals surface area contributed by atoms with Gasteiger partial charge >= 0.3 is 0 Å². The Morgan fingerprint density at radius 1 is 1.03 bits per heavy atom. The van der Waals surface area contributed by atoms with Crippen molar-refractivity contribution in [3.8, 4) is 0 Å². The second-order valence-electron chi connectivity index (χ2n) is 7.80. The molecule has 0 aliphatic carbocycles. The molecular weight excluding hydrogens is 378 g/mol. The highest BCUT2D eigenvalue weighted by Crippen LogP contribution is 2.20. The second-order valence-corrected chi connectivity index (χ2v) is 9.03. The predicted molar refractivity (Wildman–Crippen MR) is 125 cm³/mol. The summed E-state index contributed by atoms with van der Waals surface area (Å²) in [6, 6.07) is 17.1. The minimum absolute atomic E-state index is 0.0233. The Balaban J connectivity index is 1.51. The first-order chi connectivity index (χ1) is 14.1. The van der Waals surface area contributed by atoms with Gasteiger partial charge in [-0.05, 0) is 55.8 Å². The zero-order valence-corrected chi connectivity index (χ0v) is 18.7. The molecule has 0 bridgehead atoms. The fourth-order valence-corrected chi connectivity index (χ4v) is 4.49. The molecule has 29 heavy (non-hydrogen) atoms. The number of amides is 1. The van der Waals surface area contributed by atoms with Crippen LogP contribution in [-0.4, -0.2) is 48.0 Å². The first-order valence-electron chi connectivity index (χ1n) is 10.6. The van der Waals surface area contributed by atoms with E-state index in [0.29, 0.717) is 18.2 Å². The van der Waals surface area contributed by atoms with E-state index >= 15 is 0 Å². The number of nitrogens with zero attached hydrogens (tertiary/aromatic N) is 2. The van der Waals surface area contributed by atoms with Gasteiger partial charge in [0.2, 0.25) is 0 Å². The SMILES string of the molecule is CCN(Cc1ccc(C(=O)NCc2ccc(N3CCSCC3)cc2)cc1)C(C)C. The minimum Gasteiger partial charge on any atom is -0.370 e. The van der Waals surface area contributed by atoms with E-state index < -0.39 is 0 Å². The standard InChI is InChI=1S/C24H33N3OS/c1-4-26(19(2)3)18-21-5-9-22(10-6-21)24(28)25-17-20-7-11-23(12-8-20)27-13-15-29-16-14-27/h5-12,19H,4,13-18H2,1-3H3,(H,25,28).